The Hall–Kier alpha value is -0.660. The molecule has 70 valence electrons. The number of carbonyl (C=O) groups excluding carboxylic acids is 1. The highest BCUT2D eigenvalue weighted by atomic mass is 127. The molecular weight excluding hydrogens is 298 g/mol. The van der Waals surface area contributed by atoms with Gasteiger partial charge in [-0.3, -0.25) is 4.79 Å². The zero-order valence-corrected chi connectivity index (χ0v) is 8.26. The maximum absolute atomic E-state index is 12.7. The molecule has 0 spiro atoms. The lowest BCUT2D eigenvalue weighted by Gasteiger charge is -2.02. The molecule has 1 aromatic heterocycles. The number of hydrogen-bond donors (Lipinski definition) is 0. The third-order valence-corrected chi connectivity index (χ3v) is 2.19. The van der Waals surface area contributed by atoms with Gasteiger partial charge in [0.15, 0.2) is 6.29 Å². The molecule has 0 bridgehead atoms. The van der Waals surface area contributed by atoms with Gasteiger partial charge in [-0.05, 0) is 28.7 Å². The standard InChI is InChI=1S/C7H3F3INO/c8-6(9)3-1-4(11)5(2-13)12-7(3)10/h1-2,6H. The van der Waals surface area contributed by atoms with Gasteiger partial charge in [0.05, 0.1) is 5.56 Å². The summed E-state index contributed by atoms with van der Waals surface area (Å²) in [5.74, 6) is -1.29. The second-order valence-electron chi connectivity index (χ2n) is 2.15. The Balaban J connectivity index is 3.28. The maximum Gasteiger partial charge on any atom is 0.268 e. The molecular formula is C7H3F3INO. The monoisotopic (exact) mass is 301 g/mol. The molecule has 0 N–H and O–H groups in total. The van der Waals surface area contributed by atoms with Crippen LogP contribution in [0.1, 0.15) is 22.5 Å². The quantitative estimate of drug-likeness (QED) is 0.477. The van der Waals surface area contributed by atoms with Crippen LogP contribution in [-0.4, -0.2) is 11.3 Å². The largest absolute Gasteiger partial charge is 0.296 e. The van der Waals surface area contributed by atoms with E-state index in [1.54, 1.807) is 22.6 Å². The molecule has 2 nitrogen and oxygen atoms in total. The van der Waals surface area contributed by atoms with Crippen molar-refractivity contribution in [2.45, 2.75) is 6.43 Å². The summed E-state index contributed by atoms with van der Waals surface area (Å²) in [5, 5.41) is 0. The van der Waals surface area contributed by atoms with Crippen molar-refractivity contribution >= 4 is 28.9 Å². The van der Waals surface area contributed by atoms with Crippen LogP contribution in [-0.2, 0) is 0 Å². The van der Waals surface area contributed by atoms with E-state index in [2.05, 4.69) is 4.98 Å². The number of halogens is 4. The van der Waals surface area contributed by atoms with Crippen molar-refractivity contribution in [2.75, 3.05) is 0 Å². The van der Waals surface area contributed by atoms with E-state index >= 15 is 0 Å². The van der Waals surface area contributed by atoms with Gasteiger partial charge in [0, 0.05) is 3.57 Å². The second kappa shape index (κ2) is 4.03. The van der Waals surface area contributed by atoms with E-state index < -0.39 is 17.9 Å². The molecule has 0 fully saturated rings. The number of aldehydes is 1. The molecule has 0 aliphatic carbocycles. The normalized spacial score (nSPS) is 10.5. The molecule has 1 heterocycles. The van der Waals surface area contributed by atoms with E-state index in [0.29, 0.717) is 6.29 Å². The van der Waals surface area contributed by atoms with Crippen molar-refractivity contribution in [1.29, 1.82) is 0 Å². The molecule has 13 heavy (non-hydrogen) atoms. The summed E-state index contributed by atoms with van der Waals surface area (Å²) < 4.78 is 37.1. The van der Waals surface area contributed by atoms with Crippen LogP contribution in [0.25, 0.3) is 0 Å². The Morgan fingerprint density at radius 2 is 2.15 bits per heavy atom. The highest BCUT2D eigenvalue weighted by Crippen LogP contribution is 2.23. The summed E-state index contributed by atoms with van der Waals surface area (Å²) in [7, 11) is 0. The zero-order valence-electron chi connectivity index (χ0n) is 6.10. The molecule has 1 aromatic rings. The van der Waals surface area contributed by atoms with Crippen LogP contribution in [0.3, 0.4) is 0 Å². The summed E-state index contributed by atoms with van der Waals surface area (Å²) in [6, 6.07) is 0.914. The zero-order chi connectivity index (χ0) is 10.0. The number of rotatable bonds is 2. The third kappa shape index (κ3) is 2.17. The van der Waals surface area contributed by atoms with Crippen LogP contribution < -0.4 is 0 Å². The van der Waals surface area contributed by atoms with Gasteiger partial charge in [-0.25, -0.2) is 13.8 Å². The lowest BCUT2D eigenvalue weighted by molar-refractivity contribution is 0.111. The Kier molecular flexibility index (Phi) is 3.23. The number of nitrogens with zero attached hydrogens (tertiary/aromatic N) is 1. The predicted molar refractivity (Wildman–Crippen MR) is 47.3 cm³/mol. The molecule has 0 amide bonds. The lowest BCUT2D eigenvalue weighted by Crippen LogP contribution is -2.01. The van der Waals surface area contributed by atoms with Crippen molar-refractivity contribution in [3.8, 4) is 0 Å². The van der Waals surface area contributed by atoms with Crippen LogP contribution in [0, 0.1) is 9.52 Å². The van der Waals surface area contributed by atoms with Crippen LogP contribution in [0.4, 0.5) is 13.2 Å². The lowest BCUT2D eigenvalue weighted by atomic mass is 10.2. The minimum absolute atomic E-state index is 0.164. The van der Waals surface area contributed by atoms with Crippen molar-refractivity contribution in [3.63, 3.8) is 0 Å². The Morgan fingerprint density at radius 3 is 2.62 bits per heavy atom. The van der Waals surface area contributed by atoms with Crippen molar-refractivity contribution in [1.82, 2.24) is 4.98 Å². The smallest absolute Gasteiger partial charge is 0.268 e. The summed E-state index contributed by atoms with van der Waals surface area (Å²) in [6.07, 6.45) is -2.60. The number of alkyl halides is 2. The maximum atomic E-state index is 12.7. The minimum Gasteiger partial charge on any atom is -0.296 e. The van der Waals surface area contributed by atoms with Crippen molar-refractivity contribution < 1.29 is 18.0 Å². The summed E-state index contributed by atoms with van der Waals surface area (Å²) in [5.41, 5.74) is -0.947. The Bertz CT molecular complexity index is 343. The molecule has 0 aliphatic rings. The van der Waals surface area contributed by atoms with Crippen LogP contribution in [0.15, 0.2) is 6.07 Å². The first-order valence-electron chi connectivity index (χ1n) is 3.15. The molecule has 0 saturated carbocycles. The van der Waals surface area contributed by atoms with Crippen LogP contribution in [0.5, 0.6) is 0 Å². The topological polar surface area (TPSA) is 30.0 Å². The van der Waals surface area contributed by atoms with Gasteiger partial charge in [0.2, 0.25) is 5.95 Å². The predicted octanol–water partition coefficient (Wildman–Crippen LogP) is 2.58. The third-order valence-electron chi connectivity index (χ3n) is 1.33. The van der Waals surface area contributed by atoms with Gasteiger partial charge in [-0.15, -0.1) is 0 Å². The van der Waals surface area contributed by atoms with Crippen molar-refractivity contribution in [3.05, 3.63) is 26.8 Å². The first kappa shape index (κ1) is 10.4. The highest BCUT2D eigenvalue weighted by molar-refractivity contribution is 14.1. The molecule has 1 rings (SSSR count). The average molecular weight is 301 g/mol. The highest BCUT2D eigenvalue weighted by Gasteiger charge is 2.17. The molecule has 0 saturated heterocycles. The van der Waals surface area contributed by atoms with E-state index in [4.69, 9.17) is 0 Å². The number of aromatic nitrogens is 1. The molecule has 0 radical (unpaired) electrons. The van der Waals surface area contributed by atoms with E-state index in [1.807, 2.05) is 0 Å². The number of pyridine rings is 1. The molecule has 0 aromatic carbocycles. The average Bonchev–Trinajstić information content (AvgIpc) is 2.07. The van der Waals surface area contributed by atoms with E-state index in [-0.39, 0.29) is 9.26 Å². The second-order valence-corrected chi connectivity index (χ2v) is 3.32. The van der Waals surface area contributed by atoms with Crippen molar-refractivity contribution in [2.24, 2.45) is 0 Å². The van der Waals surface area contributed by atoms with Gasteiger partial charge in [0.25, 0.3) is 6.43 Å². The Labute approximate surface area is 85.3 Å². The fourth-order valence-electron chi connectivity index (χ4n) is 0.729. The van der Waals surface area contributed by atoms with Gasteiger partial charge in [0.1, 0.15) is 5.69 Å². The van der Waals surface area contributed by atoms with Crippen LogP contribution >= 0.6 is 22.6 Å². The van der Waals surface area contributed by atoms with Gasteiger partial charge in [-0.1, -0.05) is 0 Å². The SMILES string of the molecule is O=Cc1nc(F)c(C(F)F)cc1I. The van der Waals surface area contributed by atoms with Gasteiger partial charge >= 0.3 is 0 Å². The van der Waals surface area contributed by atoms with Gasteiger partial charge in [-0.2, -0.15) is 4.39 Å². The number of hydrogen-bond acceptors (Lipinski definition) is 2. The Morgan fingerprint density at radius 1 is 1.54 bits per heavy atom. The van der Waals surface area contributed by atoms with E-state index in [0.717, 1.165) is 6.07 Å². The van der Waals surface area contributed by atoms with E-state index in [1.165, 1.54) is 0 Å². The fourth-order valence-corrected chi connectivity index (χ4v) is 1.31. The molecule has 6 heteroatoms. The summed E-state index contributed by atoms with van der Waals surface area (Å²) in [4.78, 5) is 13.3. The fraction of sp³-hybridized carbons (Fsp3) is 0.143. The number of carbonyl (C=O) groups is 1. The molecule has 0 atom stereocenters. The van der Waals surface area contributed by atoms with E-state index in [9.17, 15) is 18.0 Å². The molecule has 0 aliphatic heterocycles. The van der Waals surface area contributed by atoms with Gasteiger partial charge < -0.3 is 0 Å². The molecule has 0 unspecified atom stereocenters. The first-order valence-corrected chi connectivity index (χ1v) is 4.23. The first-order chi connectivity index (χ1) is 6.06. The summed E-state index contributed by atoms with van der Waals surface area (Å²) in [6.45, 7) is 0. The summed E-state index contributed by atoms with van der Waals surface area (Å²) >= 11 is 1.64. The minimum atomic E-state index is -2.92. The van der Waals surface area contributed by atoms with Crippen LogP contribution in [0.2, 0.25) is 0 Å².